The third kappa shape index (κ3) is 3.23. The van der Waals surface area contributed by atoms with Gasteiger partial charge in [-0.25, -0.2) is 4.57 Å². The van der Waals surface area contributed by atoms with Crippen molar-refractivity contribution in [2.24, 2.45) is 0 Å². The highest BCUT2D eigenvalue weighted by molar-refractivity contribution is 5.42. The number of aromatic nitrogens is 1. The molecule has 0 radical (unpaired) electrons. The summed E-state index contributed by atoms with van der Waals surface area (Å²) in [6, 6.07) is 4.29. The zero-order chi connectivity index (χ0) is 8.97. The molecule has 74 valence electrons. The van der Waals surface area contributed by atoms with Crippen LogP contribution in [0.25, 0.3) is 0 Å². The molecule has 0 amide bonds. The second-order valence-corrected chi connectivity index (χ2v) is 2.90. The third-order valence-electron chi connectivity index (χ3n) is 2.15. The van der Waals surface area contributed by atoms with Gasteiger partial charge in [-0.15, -0.1) is 0 Å². The van der Waals surface area contributed by atoms with E-state index >= 15 is 0 Å². The van der Waals surface area contributed by atoms with E-state index in [2.05, 4.69) is 54.9 Å². The van der Waals surface area contributed by atoms with Gasteiger partial charge in [0.05, 0.1) is 0 Å². The molecule has 2 nitrogen and oxygen atoms in total. The summed E-state index contributed by atoms with van der Waals surface area (Å²) in [5.74, 6) is 0. The number of halogens is 1. The van der Waals surface area contributed by atoms with Crippen LogP contribution in [0.2, 0.25) is 0 Å². The minimum absolute atomic E-state index is 0. The summed E-state index contributed by atoms with van der Waals surface area (Å²) in [6.45, 7) is 6.39. The number of nitrogens with zero attached hydrogens (tertiary/aromatic N) is 2. The highest BCUT2D eigenvalue weighted by Gasteiger charge is 2.00. The van der Waals surface area contributed by atoms with E-state index in [1.807, 2.05) is 0 Å². The number of hydrogen-bond acceptors (Lipinski definition) is 1. The molecule has 0 saturated carbocycles. The lowest BCUT2D eigenvalue weighted by molar-refractivity contribution is -0.693. The zero-order valence-electron chi connectivity index (χ0n) is 8.50. The maximum atomic E-state index is 2.22. The van der Waals surface area contributed by atoms with Gasteiger partial charge in [0.25, 0.3) is 0 Å². The van der Waals surface area contributed by atoms with Crippen LogP contribution in [0.5, 0.6) is 0 Å². The van der Waals surface area contributed by atoms with E-state index in [0.717, 1.165) is 13.1 Å². The van der Waals surface area contributed by atoms with Crippen molar-refractivity contribution in [3.8, 4) is 0 Å². The van der Waals surface area contributed by atoms with E-state index in [1.165, 1.54) is 5.69 Å². The smallest absolute Gasteiger partial charge is 0.170 e. The van der Waals surface area contributed by atoms with Crippen molar-refractivity contribution in [3.05, 3.63) is 24.5 Å². The average Bonchev–Trinajstić information content (AvgIpc) is 2.17. The Morgan fingerprint density at radius 1 is 1.23 bits per heavy atom. The largest absolute Gasteiger partial charge is 1.00 e. The molecule has 0 spiro atoms. The summed E-state index contributed by atoms with van der Waals surface area (Å²) >= 11 is 0. The number of anilines is 1. The maximum Gasteiger partial charge on any atom is 0.170 e. The van der Waals surface area contributed by atoms with E-state index in [1.54, 1.807) is 0 Å². The van der Waals surface area contributed by atoms with Crippen molar-refractivity contribution in [1.29, 1.82) is 0 Å². The molecule has 0 bridgehead atoms. The van der Waals surface area contributed by atoms with Crippen LogP contribution < -0.4 is 21.9 Å². The molecule has 13 heavy (non-hydrogen) atoms. The van der Waals surface area contributed by atoms with E-state index in [-0.39, 0.29) is 12.4 Å². The first-order valence-corrected chi connectivity index (χ1v) is 4.48. The lowest BCUT2D eigenvalue weighted by Crippen LogP contribution is -3.00. The Morgan fingerprint density at radius 2 is 1.77 bits per heavy atom. The Balaban J connectivity index is 0.00000144. The Bertz CT molecular complexity index is 233. The zero-order valence-corrected chi connectivity index (χ0v) is 9.25. The highest BCUT2D eigenvalue weighted by atomic mass is 35.5. The van der Waals surface area contributed by atoms with Crippen LogP contribution in [0.15, 0.2) is 24.5 Å². The Hall–Kier alpha value is -0.760. The number of aryl methyl sites for hydroxylation is 1. The molecule has 0 fully saturated rings. The molecule has 0 saturated heterocycles. The fourth-order valence-corrected chi connectivity index (χ4v) is 1.10. The molecule has 3 heteroatoms. The normalized spacial score (nSPS) is 9.15. The molecule has 0 aliphatic carbocycles. The Kier molecular flexibility index (Phi) is 5.47. The lowest BCUT2D eigenvalue weighted by Gasteiger charge is -2.15. The number of pyridine rings is 1. The molecule has 0 aliphatic heterocycles. The summed E-state index contributed by atoms with van der Waals surface area (Å²) in [4.78, 5) is 2.22. The van der Waals surface area contributed by atoms with Crippen LogP contribution >= 0.6 is 0 Å². The molecule has 0 aliphatic rings. The minimum Gasteiger partial charge on any atom is -1.00 e. The van der Waals surface area contributed by atoms with E-state index in [9.17, 15) is 0 Å². The molecule has 0 N–H and O–H groups in total. The molecule has 0 unspecified atom stereocenters. The molecule has 1 rings (SSSR count). The first kappa shape index (κ1) is 12.2. The average molecular weight is 201 g/mol. The molecule has 0 aromatic carbocycles. The summed E-state index contributed by atoms with van der Waals surface area (Å²) in [7, 11) is 2.10. The second kappa shape index (κ2) is 5.81. The second-order valence-electron chi connectivity index (χ2n) is 2.90. The summed E-state index contributed by atoms with van der Waals surface area (Å²) in [5, 5.41) is 0. The van der Waals surface area contributed by atoms with E-state index < -0.39 is 0 Å². The minimum atomic E-state index is 0. The lowest BCUT2D eigenvalue weighted by atomic mass is 10.3. The molecule has 1 heterocycles. The van der Waals surface area contributed by atoms with Crippen LogP contribution in [0.1, 0.15) is 13.8 Å². The van der Waals surface area contributed by atoms with Gasteiger partial charge in [-0.2, -0.15) is 0 Å². The van der Waals surface area contributed by atoms with Crippen LogP contribution in [0.3, 0.4) is 0 Å². The first-order valence-electron chi connectivity index (χ1n) is 4.48. The molecule has 1 aromatic heterocycles. The predicted octanol–water partition coefficient (Wildman–Crippen LogP) is -1.55. The van der Waals surface area contributed by atoms with Crippen molar-refractivity contribution in [3.63, 3.8) is 0 Å². The van der Waals surface area contributed by atoms with Crippen molar-refractivity contribution >= 4 is 5.69 Å². The van der Waals surface area contributed by atoms with Crippen LogP contribution in [0, 0.1) is 0 Å². The summed E-state index contributed by atoms with van der Waals surface area (Å²) < 4.78 is 2.16. The third-order valence-corrected chi connectivity index (χ3v) is 2.15. The van der Waals surface area contributed by atoms with Gasteiger partial charge in [0.2, 0.25) is 0 Å². The molecule has 1 aromatic rings. The van der Waals surface area contributed by atoms with Gasteiger partial charge in [-0.1, -0.05) is 0 Å². The van der Waals surface area contributed by atoms with Crippen molar-refractivity contribution in [2.75, 3.05) is 18.5 Å². The van der Waals surface area contributed by atoms with E-state index in [0.29, 0.717) is 0 Å². The van der Waals surface area contributed by atoms with Gasteiger partial charge in [-0.05, 0) is 13.8 Å². The quantitative estimate of drug-likeness (QED) is 0.537. The molecular formula is C10H17ClN2. The SMILES string of the molecule is CCN(C)c1cc[n+](CC)cc1.[Cl-]. The maximum absolute atomic E-state index is 2.22. The Morgan fingerprint density at radius 3 is 2.15 bits per heavy atom. The van der Waals surface area contributed by atoms with Gasteiger partial charge in [0, 0.05) is 31.4 Å². The van der Waals surface area contributed by atoms with Crippen LogP contribution in [0.4, 0.5) is 5.69 Å². The van der Waals surface area contributed by atoms with Gasteiger partial charge in [0.1, 0.15) is 6.54 Å². The van der Waals surface area contributed by atoms with Gasteiger partial charge >= 0.3 is 0 Å². The van der Waals surface area contributed by atoms with Crippen molar-refractivity contribution < 1.29 is 17.0 Å². The van der Waals surface area contributed by atoms with E-state index in [4.69, 9.17) is 0 Å². The van der Waals surface area contributed by atoms with Crippen molar-refractivity contribution in [2.45, 2.75) is 20.4 Å². The molecular weight excluding hydrogens is 184 g/mol. The first-order chi connectivity index (χ1) is 5.77. The highest BCUT2D eigenvalue weighted by Crippen LogP contribution is 2.07. The van der Waals surface area contributed by atoms with Crippen molar-refractivity contribution in [1.82, 2.24) is 0 Å². The fraction of sp³-hybridized carbons (Fsp3) is 0.500. The predicted molar refractivity (Wildman–Crippen MR) is 51.3 cm³/mol. The monoisotopic (exact) mass is 200 g/mol. The van der Waals surface area contributed by atoms with Gasteiger partial charge < -0.3 is 17.3 Å². The number of hydrogen-bond donors (Lipinski definition) is 0. The van der Waals surface area contributed by atoms with Crippen LogP contribution in [-0.2, 0) is 6.54 Å². The number of rotatable bonds is 3. The van der Waals surface area contributed by atoms with Gasteiger partial charge in [0.15, 0.2) is 12.4 Å². The topological polar surface area (TPSA) is 7.12 Å². The molecule has 0 atom stereocenters. The fourth-order valence-electron chi connectivity index (χ4n) is 1.10. The van der Waals surface area contributed by atoms with Gasteiger partial charge in [-0.3, -0.25) is 0 Å². The summed E-state index contributed by atoms with van der Waals surface area (Å²) in [6.07, 6.45) is 4.23. The standard InChI is InChI=1S/C10H17N2.ClH/c1-4-11(3)10-6-8-12(5-2)9-7-10;/h6-9H,4-5H2,1-3H3;1H/q+1;/p-1. The van der Waals surface area contributed by atoms with Crippen LogP contribution in [-0.4, -0.2) is 13.6 Å². The Labute approximate surface area is 86.6 Å². The summed E-state index contributed by atoms with van der Waals surface area (Å²) in [5.41, 5.74) is 1.28.